The van der Waals surface area contributed by atoms with E-state index in [1.807, 2.05) is 25.1 Å². The van der Waals surface area contributed by atoms with Crippen molar-refractivity contribution < 1.29 is 23.8 Å². The lowest BCUT2D eigenvalue weighted by molar-refractivity contribution is -0.115. The first kappa shape index (κ1) is 16.8. The second-order valence-corrected chi connectivity index (χ2v) is 5.85. The number of fused-ring (bicyclic) bond motifs is 1. The van der Waals surface area contributed by atoms with Crippen LogP contribution in [0, 0.1) is 6.92 Å². The van der Waals surface area contributed by atoms with Crippen molar-refractivity contribution in [2.45, 2.75) is 20.3 Å². The Hall–Kier alpha value is -3.02. The lowest BCUT2D eigenvalue weighted by atomic mass is 10.1. The number of benzene rings is 2. The minimum absolute atomic E-state index is 0.102. The summed E-state index contributed by atoms with van der Waals surface area (Å²) in [5.41, 5.74) is 2.61. The molecule has 25 heavy (non-hydrogen) atoms. The summed E-state index contributed by atoms with van der Waals surface area (Å²) in [6, 6.07) is 8.87. The van der Waals surface area contributed by atoms with E-state index in [1.165, 1.54) is 6.92 Å². The van der Waals surface area contributed by atoms with Crippen LogP contribution in [0.4, 0.5) is 5.69 Å². The quantitative estimate of drug-likeness (QED) is 0.846. The van der Waals surface area contributed by atoms with Crippen LogP contribution in [0.5, 0.6) is 17.2 Å². The average molecular weight is 341 g/mol. The van der Waals surface area contributed by atoms with Gasteiger partial charge in [-0.3, -0.25) is 9.59 Å². The number of aryl methyl sites for hydroxylation is 1. The van der Waals surface area contributed by atoms with Crippen LogP contribution in [-0.2, 0) is 11.2 Å². The molecule has 1 N–H and O–H groups in total. The molecule has 2 aromatic rings. The Morgan fingerprint density at radius 3 is 2.56 bits per heavy atom. The van der Waals surface area contributed by atoms with Crippen LogP contribution in [0.2, 0.25) is 0 Å². The van der Waals surface area contributed by atoms with Crippen LogP contribution < -0.4 is 19.5 Å². The molecule has 0 aliphatic carbocycles. The molecule has 0 fully saturated rings. The number of ether oxygens (including phenoxy) is 3. The molecule has 2 aromatic carbocycles. The Labute approximate surface area is 145 Å². The normalized spacial score (nSPS) is 12.0. The third-order valence-corrected chi connectivity index (χ3v) is 3.95. The molecule has 130 valence electrons. The smallest absolute Gasteiger partial charge is 0.231 e. The molecule has 0 saturated heterocycles. The van der Waals surface area contributed by atoms with Gasteiger partial charge in [0.25, 0.3) is 0 Å². The van der Waals surface area contributed by atoms with E-state index in [9.17, 15) is 9.59 Å². The number of hydrogen-bond acceptors (Lipinski definition) is 5. The van der Waals surface area contributed by atoms with Crippen LogP contribution in [0.3, 0.4) is 0 Å². The van der Waals surface area contributed by atoms with Crippen molar-refractivity contribution in [3.63, 3.8) is 0 Å². The summed E-state index contributed by atoms with van der Waals surface area (Å²) < 4.78 is 15.9. The van der Waals surface area contributed by atoms with Gasteiger partial charge in [0.05, 0.1) is 19.2 Å². The van der Waals surface area contributed by atoms with Gasteiger partial charge in [-0.25, -0.2) is 0 Å². The first-order chi connectivity index (χ1) is 12.0. The minimum atomic E-state index is -0.245. The minimum Gasteiger partial charge on any atom is -0.496 e. The van der Waals surface area contributed by atoms with Gasteiger partial charge in [-0.05, 0) is 26.0 Å². The number of Topliss-reactive ketones (excluding diaryl/α,β-unsaturated/α-hetero) is 1. The molecular weight excluding hydrogens is 322 g/mol. The molecule has 1 aliphatic rings. The largest absolute Gasteiger partial charge is 0.496 e. The Kier molecular flexibility index (Phi) is 4.61. The van der Waals surface area contributed by atoms with Gasteiger partial charge in [-0.2, -0.15) is 0 Å². The second-order valence-electron chi connectivity index (χ2n) is 5.85. The van der Waals surface area contributed by atoms with Crippen molar-refractivity contribution in [1.82, 2.24) is 0 Å². The van der Waals surface area contributed by atoms with E-state index in [1.54, 1.807) is 19.2 Å². The van der Waals surface area contributed by atoms with Gasteiger partial charge in [0, 0.05) is 17.2 Å². The number of carbonyl (C=O) groups excluding carboxylic acids is 2. The van der Waals surface area contributed by atoms with Gasteiger partial charge in [0.1, 0.15) is 5.75 Å². The maximum atomic E-state index is 12.5. The number of methoxy groups -OCH3 is 1. The van der Waals surface area contributed by atoms with E-state index in [2.05, 4.69) is 5.32 Å². The molecule has 6 nitrogen and oxygen atoms in total. The fourth-order valence-corrected chi connectivity index (χ4v) is 2.75. The molecule has 0 unspecified atom stereocenters. The molecule has 0 spiro atoms. The number of rotatable bonds is 5. The predicted octanol–water partition coefficient (Wildman–Crippen LogP) is 3.12. The standard InChI is InChI=1S/C19H19NO5/c1-11-4-5-16(23-3)13(6-11)7-19(22)20-15-9-18-17(24-10-25-18)8-14(15)12(2)21/h4-6,8-9H,7,10H2,1-3H3,(H,20,22). The van der Waals surface area contributed by atoms with Gasteiger partial charge in [0.15, 0.2) is 17.3 Å². The lowest BCUT2D eigenvalue weighted by Gasteiger charge is -2.12. The molecule has 0 bridgehead atoms. The Morgan fingerprint density at radius 2 is 1.88 bits per heavy atom. The summed E-state index contributed by atoms with van der Waals surface area (Å²) in [6.45, 7) is 3.49. The molecular formula is C19H19NO5. The highest BCUT2D eigenvalue weighted by molar-refractivity contribution is 6.05. The van der Waals surface area contributed by atoms with E-state index in [0.717, 1.165) is 11.1 Å². The predicted molar refractivity (Wildman–Crippen MR) is 92.6 cm³/mol. The Morgan fingerprint density at radius 1 is 1.16 bits per heavy atom. The topological polar surface area (TPSA) is 73.9 Å². The Bertz CT molecular complexity index is 844. The van der Waals surface area contributed by atoms with E-state index in [0.29, 0.717) is 28.5 Å². The highest BCUT2D eigenvalue weighted by atomic mass is 16.7. The molecule has 1 heterocycles. The van der Waals surface area contributed by atoms with E-state index >= 15 is 0 Å². The van der Waals surface area contributed by atoms with Gasteiger partial charge in [-0.15, -0.1) is 0 Å². The lowest BCUT2D eigenvalue weighted by Crippen LogP contribution is -2.17. The van der Waals surface area contributed by atoms with Crippen molar-refractivity contribution in [3.8, 4) is 17.2 Å². The molecule has 3 rings (SSSR count). The van der Waals surface area contributed by atoms with Crippen molar-refractivity contribution in [1.29, 1.82) is 0 Å². The van der Waals surface area contributed by atoms with Crippen molar-refractivity contribution in [2.75, 3.05) is 19.2 Å². The van der Waals surface area contributed by atoms with Crippen LogP contribution in [0.25, 0.3) is 0 Å². The highest BCUT2D eigenvalue weighted by Gasteiger charge is 2.20. The van der Waals surface area contributed by atoms with Crippen molar-refractivity contribution >= 4 is 17.4 Å². The van der Waals surface area contributed by atoms with E-state index in [4.69, 9.17) is 14.2 Å². The summed E-state index contributed by atoms with van der Waals surface area (Å²) in [6.07, 6.45) is 0.136. The van der Waals surface area contributed by atoms with Gasteiger partial charge in [0.2, 0.25) is 12.7 Å². The summed E-state index contributed by atoms with van der Waals surface area (Å²) in [5, 5.41) is 2.79. The number of nitrogens with one attached hydrogen (secondary N) is 1. The number of amides is 1. The van der Waals surface area contributed by atoms with Crippen molar-refractivity contribution in [2.24, 2.45) is 0 Å². The molecule has 0 aromatic heterocycles. The molecule has 1 aliphatic heterocycles. The van der Waals surface area contributed by atoms with Crippen LogP contribution in [-0.4, -0.2) is 25.6 Å². The van der Waals surface area contributed by atoms with E-state index < -0.39 is 0 Å². The summed E-state index contributed by atoms with van der Waals surface area (Å²) in [4.78, 5) is 24.4. The number of hydrogen-bond donors (Lipinski definition) is 1. The number of carbonyl (C=O) groups is 2. The molecule has 0 radical (unpaired) electrons. The fraction of sp³-hybridized carbons (Fsp3) is 0.263. The third kappa shape index (κ3) is 3.57. The second kappa shape index (κ2) is 6.84. The average Bonchev–Trinajstić information content (AvgIpc) is 3.01. The van der Waals surface area contributed by atoms with Crippen molar-refractivity contribution in [3.05, 3.63) is 47.0 Å². The Balaban J connectivity index is 1.84. The first-order valence-electron chi connectivity index (χ1n) is 7.86. The maximum absolute atomic E-state index is 12.5. The van der Waals surface area contributed by atoms with Crippen LogP contribution in [0.15, 0.2) is 30.3 Å². The maximum Gasteiger partial charge on any atom is 0.231 e. The summed E-state index contributed by atoms with van der Waals surface area (Å²) in [5.74, 6) is 1.25. The van der Waals surface area contributed by atoms with Crippen LogP contribution in [0.1, 0.15) is 28.4 Å². The molecule has 0 atom stereocenters. The SMILES string of the molecule is COc1ccc(C)cc1CC(=O)Nc1cc2c(cc1C(C)=O)OCO2. The summed E-state index contributed by atoms with van der Waals surface area (Å²) in [7, 11) is 1.57. The fourth-order valence-electron chi connectivity index (χ4n) is 2.75. The van der Waals surface area contributed by atoms with E-state index in [-0.39, 0.29) is 24.9 Å². The van der Waals surface area contributed by atoms with Gasteiger partial charge >= 0.3 is 0 Å². The number of anilines is 1. The molecule has 1 amide bonds. The molecule has 0 saturated carbocycles. The monoisotopic (exact) mass is 341 g/mol. The number of ketones is 1. The highest BCUT2D eigenvalue weighted by Crippen LogP contribution is 2.37. The zero-order chi connectivity index (χ0) is 18.0. The third-order valence-electron chi connectivity index (χ3n) is 3.95. The first-order valence-corrected chi connectivity index (χ1v) is 7.86. The zero-order valence-corrected chi connectivity index (χ0v) is 14.3. The summed E-state index contributed by atoms with van der Waals surface area (Å²) >= 11 is 0. The molecule has 6 heteroatoms. The zero-order valence-electron chi connectivity index (χ0n) is 14.3. The van der Waals surface area contributed by atoms with Gasteiger partial charge in [-0.1, -0.05) is 17.7 Å². The van der Waals surface area contributed by atoms with Crippen LogP contribution >= 0.6 is 0 Å². The van der Waals surface area contributed by atoms with Gasteiger partial charge < -0.3 is 19.5 Å².